The minimum Gasteiger partial charge on any atom is -0.497 e. The fraction of sp³-hybridized carbons (Fsp3) is 0.692. The third kappa shape index (κ3) is 1.70. The van der Waals surface area contributed by atoms with E-state index in [0.29, 0.717) is 25.0 Å². The average Bonchev–Trinajstić information content (AvgIpc) is 3.30. The maximum Gasteiger partial charge on any atom is 0.175 e. The molecule has 1 heterocycles. The molecule has 30 heavy (non-hydrogen) atoms. The number of methoxy groups -OCH3 is 1. The van der Waals surface area contributed by atoms with Crippen LogP contribution < -0.4 is 4.74 Å². The first-order valence-corrected chi connectivity index (χ1v) is 11.8. The molecule has 1 aliphatic heterocycles. The average molecular weight is 409 g/mol. The summed E-state index contributed by atoms with van der Waals surface area (Å²) < 4.78 is 18.6. The highest BCUT2D eigenvalue weighted by molar-refractivity contribution is 5.52. The molecule has 0 radical (unpaired) electrons. The SMILES string of the molecule is COc1ccc([C@@]23C=C[C@@]4(CCCC[C@@]42C)[C@@H]2[C@H]3[C@H](O)[C@H]3C[C@H]3C23OCCO3)cc1. The van der Waals surface area contributed by atoms with E-state index in [1.807, 2.05) is 0 Å². The van der Waals surface area contributed by atoms with Crippen LogP contribution in [0.15, 0.2) is 36.4 Å². The predicted molar refractivity (Wildman–Crippen MR) is 112 cm³/mol. The van der Waals surface area contributed by atoms with Crippen molar-refractivity contribution in [3.05, 3.63) is 42.0 Å². The standard InChI is InChI=1S/C26H32O4/c1-23-9-3-4-10-24(23)11-12-25(23,16-5-7-17(28-2)8-6-16)20-21(27)18-15-19(18)26(22(20)24)29-13-14-30-26/h5-8,11-12,18-22,27H,3-4,9-10,13-15H2,1-2H3/t18-,19+,20+,21+,22-,23-,24-,25+/m0/s1. The number of aliphatic hydroxyl groups excluding tert-OH is 1. The number of hydrogen-bond donors (Lipinski definition) is 1. The lowest BCUT2D eigenvalue weighted by Crippen LogP contribution is -2.59. The summed E-state index contributed by atoms with van der Waals surface area (Å²) in [4.78, 5) is 0. The summed E-state index contributed by atoms with van der Waals surface area (Å²) >= 11 is 0. The van der Waals surface area contributed by atoms with Crippen LogP contribution in [0.2, 0.25) is 0 Å². The van der Waals surface area contributed by atoms with E-state index in [2.05, 4.69) is 43.3 Å². The van der Waals surface area contributed by atoms with Gasteiger partial charge in [0.25, 0.3) is 0 Å². The fourth-order valence-electron chi connectivity index (χ4n) is 9.33. The summed E-state index contributed by atoms with van der Waals surface area (Å²) in [5.74, 6) is 1.43. The molecule has 1 spiro atoms. The molecule has 4 saturated carbocycles. The molecule has 1 N–H and O–H groups in total. The second-order valence-electron chi connectivity index (χ2n) is 10.9. The van der Waals surface area contributed by atoms with Gasteiger partial charge in [-0.3, -0.25) is 0 Å². The minimum atomic E-state index is -0.494. The van der Waals surface area contributed by atoms with Gasteiger partial charge in [0.05, 0.1) is 26.4 Å². The van der Waals surface area contributed by atoms with Crippen molar-refractivity contribution < 1.29 is 19.3 Å². The Morgan fingerprint density at radius 1 is 1.03 bits per heavy atom. The normalized spacial score (nSPS) is 51.5. The number of ether oxygens (including phenoxy) is 3. The Hall–Kier alpha value is -1.36. The highest BCUT2D eigenvalue weighted by atomic mass is 16.7. The van der Waals surface area contributed by atoms with Gasteiger partial charge in [0.1, 0.15) is 5.75 Å². The molecule has 0 unspecified atom stereocenters. The molecule has 6 aliphatic rings. The van der Waals surface area contributed by atoms with Gasteiger partial charge in [-0.1, -0.05) is 44.1 Å². The van der Waals surface area contributed by atoms with E-state index in [0.717, 1.165) is 12.2 Å². The molecule has 5 fully saturated rings. The Bertz CT molecular complexity index is 917. The lowest BCUT2D eigenvalue weighted by atomic mass is 9.52. The van der Waals surface area contributed by atoms with Crippen LogP contribution in [0.25, 0.3) is 0 Å². The summed E-state index contributed by atoms with van der Waals surface area (Å²) in [6.45, 7) is 3.89. The van der Waals surface area contributed by atoms with E-state index in [9.17, 15) is 5.11 Å². The molecule has 8 atom stereocenters. The molecule has 5 aliphatic carbocycles. The first kappa shape index (κ1) is 18.2. The van der Waals surface area contributed by atoms with Gasteiger partial charge in [0.15, 0.2) is 5.79 Å². The second kappa shape index (κ2) is 5.51. The molecule has 1 aromatic carbocycles. The Balaban J connectivity index is 1.49. The molecular formula is C26H32O4. The summed E-state index contributed by atoms with van der Waals surface area (Å²) in [5.41, 5.74) is 1.25. The molecule has 2 bridgehead atoms. The maximum atomic E-state index is 11.8. The first-order valence-electron chi connectivity index (χ1n) is 11.8. The molecule has 4 heteroatoms. The Morgan fingerprint density at radius 3 is 2.50 bits per heavy atom. The number of hydrogen-bond acceptors (Lipinski definition) is 4. The van der Waals surface area contributed by atoms with Crippen LogP contribution in [0.4, 0.5) is 0 Å². The third-order valence-electron chi connectivity index (χ3n) is 10.4. The molecule has 0 amide bonds. The quantitative estimate of drug-likeness (QED) is 0.750. The second-order valence-corrected chi connectivity index (χ2v) is 10.9. The highest BCUT2D eigenvalue weighted by Gasteiger charge is 2.85. The Labute approximate surface area is 178 Å². The van der Waals surface area contributed by atoms with Gasteiger partial charge < -0.3 is 19.3 Å². The van der Waals surface area contributed by atoms with Gasteiger partial charge in [0.2, 0.25) is 0 Å². The Morgan fingerprint density at radius 2 is 1.77 bits per heavy atom. The number of allylic oxidation sites excluding steroid dienone is 2. The van der Waals surface area contributed by atoms with Crippen molar-refractivity contribution in [2.24, 2.45) is 34.5 Å². The van der Waals surface area contributed by atoms with Crippen molar-refractivity contribution in [1.82, 2.24) is 0 Å². The predicted octanol–water partition coefficient (Wildman–Crippen LogP) is 4.07. The topological polar surface area (TPSA) is 47.9 Å². The van der Waals surface area contributed by atoms with E-state index < -0.39 is 5.79 Å². The van der Waals surface area contributed by atoms with Gasteiger partial charge in [-0.15, -0.1) is 0 Å². The zero-order chi connectivity index (χ0) is 20.4. The largest absolute Gasteiger partial charge is 0.497 e. The zero-order valence-corrected chi connectivity index (χ0v) is 18.0. The van der Waals surface area contributed by atoms with Crippen LogP contribution >= 0.6 is 0 Å². The van der Waals surface area contributed by atoms with E-state index >= 15 is 0 Å². The summed E-state index contributed by atoms with van der Waals surface area (Å²) in [6, 6.07) is 8.67. The van der Waals surface area contributed by atoms with Gasteiger partial charge in [-0.2, -0.15) is 0 Å². The summed E-state index contributed by atoms with van der Waals surface area (Å²) in [7, 11) is 1.72. The Kier molecular flexibility index (Phi) is 3.35. The first-order chi connectivity index (χ1) is 14.5. The minimum absolute atomic E-state index is 0.0364. The number of benzene rings is 1. The van der Waals surface area contributed by atoms with Crippen LogP contribution in [0.5, 0.6) is 5.75 Å². The van der Waals surface area contributed by atoms with Crippen molar-refractivity contribution in [3.8, 4) is 5.75 Å². The van der Waals surface area contributed by atoms with E-state index in [4.69, 9.17) is 14.2 Å². The number of aliphatic hydroxyl groups is 1. The van der Waals surface area contributed by atoms with E-state index in [1.54, 1.807) is 7.11 Å². The molecule has 1 saturated heterocycles. The third-order valence-corrected chi connectivity index (χ3v) is 10.4. The number of rotatable bonds is 2. The molecule has 0 aromatic heterocycles. The summed E-state index contributed by atoms with van der Waals surface area (Å²) in [6.07, 6.45) is 10.7. The van der Waals surface area contributed by atoms with Gasteiger partial charge in [-0.25, -0.2) is 0 Å². The lowest BCUT2D eigenvalue weighted by molar-refractivity contribution is -0.268. The van der Waals surface area contributed by atoms with Crippen molar-refractivity contribution in [2.45, 2.75) is 56.3 Å². The van der Waals surface area contributed by atoms with E-state index in [1.165, 1.54) is 31.2 Å². The molecular weight excluding hydrogens is 376 g/mol. The van der Waals surface area contributed by atoms with Gasteiger partial charge in [0, 0.05) is 28.6 Å². The van der Waals surface area contributed by atoms with Crippen LogP contribution in [-0.4, -0.2) is 37.3 Å². The molecule has 7 rings (SSSR count). The monoisotopic (exact) mass is 408 g/mol. The van der Waals surface area contributed by atoms with Crippen LogP contribution in [0.1, 0.15) is 44.6 Å². The fourth-order valence-corrected chi connectivity index (χ4v) is 9.33. The molecule has 4 nitrogen and oxygen atoms in total. The van der Waals surface area contributed by atoms with Crippen LogP contribution in [-0.2, 0) is 14.9 Å². The zero-order valence-electron chi connectivity index (χ0n) is 18.0. The van der Waals surface area contributed by atoms with Crippen LogP contribution in [0.3, 0.4) is 0 Å². The van der Waals surface area contributed by atoms with Crippen molar-refractivity contribution >= 4 is 0 Å². The highest BCUT2D eigenvalue weighted by Crippen LogP contribution is 2.84. The van der Waals surface area contributed by atoms with Gasteiger partial charge >= 0.3 is 0 Å². The number of fused-ring (bicyclic) bond motifs is 5. The lowest BCUT2D eigenvalue weighted by Gasteiger charge is -2.53. The van der Waals surface area contributed by atoms with Crippen LogP contribution in [0, 0.1) is 34.5 Å². The maximum absolute atomic E-state index is 11.8. The summed E-state index contributed by atoms with van der Waals surface area (Å²) in [5, 5.41) is 11.8. The molecule has 160 valence electrons. The van der Waals surface area contributed by atoms with E-state index in [-0.39, 0.29) is 34.2 Å². The van der Waals surface area contributed by atoms with Gasteiger partial charge in [-0.05, 0) is 48.3 Å². The van der Waals surface area contributed by atoms with Crippen molar-refractivity contribution in [3.63, 3.8) is 0 Å². The van der Waals surface area contributed by atoms with Crippen molar-refractivity contribution in [1.29, 1.82) is 0 Å². The van der Waals surface area contributed by atoms with Crippen molar-refractivity contribution in [2.75, 3.05) is 20.3 Å². The molecule has 1 aromatic rings. The smallest absolute Gasteiger partial charge is 0.175 e.